The maximum Gasteiger partial charge on any atom is 0.316 e. The van der Waals surface area contributed by atoms with Gasteiger partial charge in [0.1, 0.15) is 12.3 Å². The molecule has 2 heterocycles. The van der Waals surface area contributed by atoms with Crippen molar-refractivity contribution in [2.45, 2.75) is 13.0 Å². The first kappa shape index (κ1) is 16.2. The van der Waals surface area contributed by atoms with Gasteiger partial charge in [-0.05, 0) is 18.2 Å². The number of nitrogens with zero attached hydrogens (tertiary/aromatic N) is 5. The Hall–Kier alpha value is -2.68. The number of ether oxygens (including phenoxy) is 1. The Labute approximate surface area is 138 Å². The van der Waals surface area contributed by atoms with Crippen molar-refractivity contribution in [3.05, 3.63) is 58.9 Å². The van der Waals surface area contributed by atoms with Crippen molar-refractivity contribution >= 4 is 11.6 Å². The monoisotopic (exact) mass is 355 g/mol. The lowest BCUT2D eigenvalue weighted by atomic mass is 10.2. The molecule has 0 atom stereocenters. The highest BCUT2D eigenvalue weighted by Gasteiger charge is 2.14. The van der Waals surface area contributed by atoms with Gasteiger partial charge in [0.15, 0.2) is 5.82 Å². The molecule has 2 aromatic heterocycles. The number of halogens is 4. The van der Waals surface area contributed by atoms with Crippen LogP contribution in [0.5, 0.6) is 6.01 Å². The number of aromatic nitrogens is 5. The maximum absolute atomic E-state index is 12.9. The first-order chi connectivity index (χ1) is 11.5. The summed E-state index contributed by atoms with van der Waals surface area (Å²) in [6, 6.07) is 4.12. The highest BCUT2D eigenvalue weighted by atomic mass is 35.5. The summed E-state index contributed by atoms with van der Waals surface area (Å²) in [5, 5.41) is 7.68. The SMILES string of the molecule is Fc1cnc(OCc2cn(-c3ccc(Cl)c(C(F)F)c3)nn2)nc1. The van der Waals surface area contributed by atoms with Gasteiger partial charge in [0.05, 0.1) is 24.3 Å². The minimum atomic E-state index is -2.69. The van der Waals surface area contributed by atoms with Gasteiger partial charge in [-0.15, -0.1) is 5.10 Å². The smallest absolute Gasteiger partial charge is 0.316 e. The van der Waals surface area contributed by atoms with Gasteiger partial charge in [0.25, 0.3) is 6.43 Å². The molecule has 0 aliphatic rings. The molecule has 3 aromatic rings. The number of alkyl halides is 2. The average molecular weight is 356 g/mol. The van der Waals surface area contributed by atoms with Crippen LogP contribution in [0.3, 0.4) is 0 Å². The fraction of sp³-hybridized carbons (Fsp3) is 0.143. The first-order valence-corrected chi connectivity index (χ1v) is 7.00. The van der Waals surface area contributed by atoms with E-state index in [0.717, 1.165) is 12.4 Å². The van der Waals surface area contributed by atoms with Crippen LogP contribution < -0.4 is 4.74 Å². The van der Waals surface area contributed by atoms with Gasteiger partial charge >= 0.3 is 6.01 Å². The third-order valence-corrected chi connectivity index (χ3v) is 3.31. The number of hydrogen-bond acceptors (Lipinski definition) is 5. The summed E-state index contributed by atoms with van der Waals surface area (Å²) in [5.41, 5.74) is 0.505. The van der Waals surface area contributed by atoms with E-state index >= 15 is 0 Å². The molecule has 0 saturated heterocycles. The maximum atomic E-state index is 12.9. The summed E-state index contributed by atoms with van der Waals surface area (Å²) in [4.78, 5) is 7.28. The zero-order chi connectivity index (χ0) is 17.1. The van der Waals surface area contributed by atoms with Gasteiger partial charge in [-0.1, -0.05) is 16.8 Å². The molecule has 10 heteroatoms. The van der Waals surface area contributed by atoms with Crippen LogP contribution in [0.1, 0.15) is 17.7 Å². The summed E-state index contributed by atoms with van der Waals surface area (Å²) in [7, 11) is 0. The minimum Gasteiger partial charge on any atom is -0.457 e. The molecule has 0 amide bonds. The van der Waals surface area contributed by atoms with Crippen LogP contribution in [0.25, 0.3) is 5.69 Å². The Balaban J connectivity index is 1.73. The van der Waals surface area contributed by atoms with E-state index in [9.17, 15) is 13.2 Å². The quantitative estimate of drug-likeness (QED) is 0.702. The van der Waals surface area contributed by atoms with E-state index in [1.165, 1.54) is 29.1 Å². The molecule has 0 aliphatic heterocycles. The van der Waals surface area contributed by atoms with Gasteiger partial charge in [0.2, 0.25) is 0 Å². The molecule has 0 fully saturated rings. The molecule has 0 N–H and O–H groups in total. The lowest BCUT2D eigenvalue weighted by Gasteiger charge is -2.06. The predicted molar refractivity (Wildman–Crippen MR) is 77.6 cm³/mol. The van der Waals surface area contributed by atoms with Crippen LogP contribution in [0, 0.1) is 5.82 Å². The average Bonchev–Trinajstić information content (AvgIpc) is 3.03. The Morgan fingerprint density at radius 2 is 1.96 bits per heavy atom. The standard InChI is InChI=1S/C14H9ClF3N5O/c15-12-2-1-10(3-11(12)13(17)18)23-6-9(21-22-23)7-24-14-19-4-8(16)5-20-14/h1-6,13H,7H2. The minimum absolute atomic E-state index is 0.0130. The molecule has 24 heavy (non-hydrogen) atoms. The van der Waals surface area contributed by atoms with Crippen LogP contribution in [0.2, 0.25) is 5.02 Å². The predicted octanol–water partition coefficient (Wildman–Crippen LogP) is 3.37. The van der Waals surface area contributed by atoms with Gasteiger partial charge in [0, 0.05) is 10.6 Å². The second kappa shape index (κ2) is 6.83. The van der Waals surface area contributed by atoms with E-state index in [1.54, 1.807) is 0 Å². The second-order valence-electron chi connectivity index (χ2n) is 4.63. The van der Waals surface area contributed by atoms with Crippen molar-refractivity contribution in [1.29, 1.82) is 0 Å². The molecular formula is C14H9ClF3N5O. The molecular weight excluding hydrogens is 347 g/mol. The molecule has 6 nitrogen and oxygen atoms in total. The lowest BCUT2D eigenvalue weighted by Crippen LogP contribution is -2.00. The number of hydrogen-bond donors (Lipinski definition) is 0. The Morgan fingerprint density at radius 3 is 2.67 bits per heavy atom. The molecule has 0 saturated carbocycles. The zero-order valence-electron chi connectivity index (χ0n) is 11.9. The molecule has 1 aromatic carbocycles. The molecule has 0 aliphatic carbocycles. The molecule has 0 bridgehead atoms. The van der Waals surface area contributed by atoms with E-state index in [0.29, 0.717) is 11.4 Å². The topological polar surface area (TPSA) is 65.7 Å². The summed E-state index contributed by atoms with van der Waals surface area (Å²) in [6.45, 7) is -0.0130. The van der Waals surface area contributed by atoms with Crippen LogP contribution in [0.4, 0.5) is 13.2 Å². The van der Waals surface area contributed by atoms with Gasteiger partial charge in [-0.2, -0.15) is 0 Å². The summed E-state index contributed by atoms with van der Waals surface area (Å²) >= 11 is 5.73. The summed E-state index contributed by atoms with van der Waals surface area (Å²) in [5.74, 6) is -0.578. The largest absolute Gasteiger partial charge is 0.457 e. The zero-order valence-corrected chi connectivity index (χ0v) is 12.7. The molecule has 124 valence electrons. The fourth-order valence-electron chi connectivity index (χ4n) is 1.85. The Bertz CT molecular complexity index is 841. The number of rotatable bonds is 5. The van der Waals surface area contributed by atoms with Gasteiger partial charge in [-0.3, -0.25) is 0 Å². The van der Waals surface area contributed by atoms with Crippen molar-refractivity contribution in [1.82, 2.24) is 25.0 Å². The highest BCUT2D eigenvalue weighted by molar-refractivity contribution is 6.31. The molecule has 0 radical (unpaired) electrons. The van der Waals surface area contributed by atoms with Crippen LogP contribution in [0.15, 0.2) is 36.8 Å². The van der Waals surface area contributed by atoms with E-state index in [2.05, 4.69) is 20.3 Å². The lowest BCUT2D eigenvalue weighted by molar-refractivity contribution is 0.151. The van der Waals surface area contributed by atoms with Crippen molar-refractivity contribution in [2.75, 3.05) is 0 Å². The molecule has 3 rings (SSSR count). The Morgan fingerprint density at radius 1 is 1.21 bits per heavy atom. The van der Waals surface area contributed by atoms with Gasteiger partial charge < -0.3 is 4.74 Å². The van der Waals surface area contributed by atoms with E-state index in [1.807, 2.05) is 0 Å². The normalized spacial score (nSPS) is 11.0. The van der Waals surface area contributed by atoms with Crippen molar-refractivity contribution < 1.29 is 17.9 Å². The van der Waals surface area contributed by atoms with Crippen LogP contribution >= 0.6 is 11.6 Å². The number of benzene rings is 1. The fourth-order valence-corrected chi connectivity index (χ4v) is 2.05. The van der Waals surface area contributed by atoms with E-state index in [4.69, 9.17) is 16.3 Å². The van der Waals surface area contributed by atoms with Gasteiger partial charge in [-0.25, -0.2) is 27.8 Å². The van der Waals surface area contributed by atoms with Crippen molar-refractivity contribution in [3.8, 4) is 11.7 Å². The second-order valence-corrected chi connectivity index (χ2v) is 5.04. The Kier molecular flexibility index (Phi) is 4.61. The van der Waals surface area contributed by atoms with Crippen molar-refractivity contribution in [2.24, 2.45) is 0 Å². The van der Waals surface area contributed by atoms with Crippen LogP contribution in [-0.2, 0) is 6.61 Å². The molecule has 0 unspecified atom stereocenters. The summed E-state index contributed by atoms with van der Waals surface area (Å²) in [6.07, 6.45) is 0.749. The van der Waals surface area contributed by atoms with E-state index in [-0.39, 0.29) is 23.2 Å². The third-order valence-electron chi connectivity index (χ3n) is 2.97. The van der Waals surface area contributed by atoms with Crippen molar-refractivity contribution in [3.63, 3.8) is 0 Å². The van der Waals surface area contributed by atoms with Crippen LogP contribution in [-0.4, -0.2) is 25.0 Å². The summed E-state index contributed by atoms with van der Waals surface area (Å²) < 4.78 is 45.0. The third kappa shape index (κ3) is 3.62. The van der Waals surface area contributed by atoms with E-state index < -0.39 is 12.2 Å². The molecule has 0 spiro atoms. The highest BCUT2D eigenvalue weighted by Crippen LogP contribution is 2.28. The first-order valence-electron chi connectivity index (χ1n) is 6.62.